The summed E-state index contributed by atoms with van der Waals surface area (Å²) >= 11 is 2.98. The smallest absolute Gasteiger partial charge is 0.173 e. The van der Waals surface area contributed by atoms with E-state index in [9.17, 15) is 8.78 Å². The number of hydrogen-bond acceptors (Lipinski definition) is 1. The molecule has 0 aliphatic carbocycles. The molecular formula is C9H4BrF2N. The van der Waals surface area contributed by atoms with Crippen molar-refractivity contribution in [2.45, 2.75) is 0 Å². The molecule has 0 aliphatic rings. The second kappa shape index (κ2) is 3.03. The van der Waals surface area contributed by atoms with Gasteiger partial charge in [-0.1, -0.05) is 0 Å². The molecule has 2 aromatic rings. The molecule has 0 amide bonds. The van der Waals surface area contributed by atoms with Gasteiger partial charge in [0.2, 0.25) is 0 Å². The van der Waals surface area contributed by atoms with Crippen LogP contribution in [0, 0.1) is 11.6 Å². The first-order chi connectivity index (χ1) is 6.20. The Morgan fingerprint density at radius 1 is 1.31 bits per heavy atom. The first kappa shape index (κ1) is 8.56. The van der Waals surface area contributed by atoms with Crippen LogP contribution in [0.4, 0.5) is 8.78 Å². The minimum atomic E-state index is -0.875. The summed E-state index contributed by atoms with van der Waals surface area (Å²) in [6.07, 6.45) is 3.02. The molecule has 1 nitrogen and oxygen atoms in total. The molecule has 0 radical (unpaired) electrons. The Bertz CT molecular complexity index is 470. The number of rotatable bonds is 0. The summed E-state index contributed by atoms with van der Waals surface area (Å²) in [7, 11) is 0. The molecule has 2 rings (SSSR count). The van der Waals surface area contributed by atoms with Gasteiger partial charge in [0.05, 0.1) is 4.47 Å². The first-order valence-electron chi connectivity index (χ1n) is 3.57. The van der Waals surface area contributed by atoms with E-state index in [-0.39, 0.29) is 4.47 Å². The second-order valence-corrected chi connectivity index (χ2v) is 3.38. The molecule has 0 unspecified atom stereocenters. The van der Waals surface area contributed by atoms with E-state index in [0.717, 1.165) is 6.07 Å². The number of nitrogens with zero attached hydrogens (tertiary/aromatic N) is 1. The van der Waals surface area contributed by atoms with Gasteiger partial charge in [0.1, 0.15) is 0 Å². The highest BCUT2D eigenvalue weighted by Crippen LogP contribution is 2.27. The van der Waals surface area contributed by atoms with E-state index in [1.54, 1.807) is 6.07 Å². The van der Waals surface area contributed by atoms with Gasteiger partial charge in [-0.05, 0) is 33.4 Å². The van der Waals surface area contributed by atoms with E-state index in [4.69, 9.17) is 0 Å². The lowest BCUT2D eigenvalue weighted by molar-refractivity contribution is 0.507. The Morgan fingerprint density at radius 3 is 2.85 bits per heavy atom. The van der Waals surface area contributed by atoms with Gasteiger partial charge in [-0.3, -0.25) is 4.98 Å². The lowest BCUT2D eigenvalue weighted by atomic mass is 10.2. The standard InChI is InChI=1S/C9H4BrF2N/c10-8-6-4-13-2-1-5(6)3-7(11)9(8)12/h1-4H. The van der Waals surface area contributed by atoms with E-state index in [0.29, 0.717) is 10.8 Å². The van der Waals surface area contributed by atoms with Crippen molar-refractivity contribution in [1.82, 2.24) is 4.98 Å². The van der Waals surface area contributed by atoms with Gasteiger partial charge < -0.3 is 0 Å². The van der Waals surface area contributed by atoms with Crippen LogP contribution >= 0.6 is 15.9 Å². The molecule has 1 aromatic heterocycles. The number of halogens is 3. The van der Waals surface area contributed by atoms with Crippen LogP contribution in [0.15, 0.2) is 29.0 Å². The quantitative estimate of drug-likeness (QED) is 0.648. The third-order valence-electron chi connectivity index (χ3n) is 1.78. The van der Waals surface area contributed by atoms with Crippen molar-refractivity contribution in [2.75, 3.05) is 0 Å². The zero-order valence-electron chi connectivity index (χ0n) is 6.39. The molecule has 0 aliphatic heterocycles. The summed E-state index contributed by atoms with van der Waals surface area (Å²) < 4.78 is 26.0. The molecule has 66 valence electrons. The minimum absolute atomic E-state index is 0.121. The maximum absolute atomic E-state index is 13.0. The zero-order valence-corrected chi connectivity index (χ0v) is 7.98. The van der Waals surface area contributed by atoms with E-state index >= 15 is 0 Å². The normalized spacial score (nSPS) is 10.7. The molecule has 0 atom stereocenters. The average Bonchev–Trinajstić information content (AvgIpc) is 2.15. The van der Waals surface area contributed by atoms with E-state index in [1.165, 1.54) is 12.4 Å². The van der Waals surface area contributed by atoms with Gasteiger partial charge in [-0.2, -0.15) is 0 Å². The maximum atomic E-state index is 13.0. The molecular weight excluding hydrogens is 240 g/mol. The molecule has 0 N–H and O–H groups in total. The summed E-state index contributed by atoms with van der Waals surface area (Å²) in [6.45, 7) is 0. The van der Waals surface area contributed by atoms with Crippen LogP contribution in [0.5, 0.6) is 0 Å². The second-order valence-electron chi connectivity index (χ2n) is 2.58. The summed E-state index contributed by atoms with van der Waals surface area (Å²) in [4.78, 5) is 3.83. The fraction of sp³-hybridized carbons (Fsp3) is 0. The van der Waals surface area contributed by atoms with Crippen LogP contribution in [0.25, 0.3) is 10.8 Å². The highest BCUT2D eigenvalue weighted by Gasteiger charge is 2.10. The molecule has 0 spiro atoms. The van der Waals surface area contributed by atoms with Gasteiger partial charge in [0, 0.05) is 17.8 Å². The molecule has 0 saturated heterocycles. The lowest BCUT2D eigenvalue weighted by Gasteiger charge is -2.01. The van der Waals surface area contributed by atoms with Gasteiger partial charge in [-0.25, -0.2) is 8.78 Å². The Balaban J connectivity index is 2.94. The van der Waals surface area contributed by atoms with Gasteiger partial charge in [0.15, 0.2) is 11.6 Å². The Kier molecular flexibility index (Phi) is 2.00. The summed E-state index contributed by atoms with van der Waals surface area (Å²) in [6, 6.07) is 2.78. The number of fused-ring (bicyclic) bond motifs is 1. The highest BCUT2D eigenvalue weighted by molar-refractivity contribution is 9.10. The summed E-state index contributed by atoms with van der Waals surface area (Å²) in [5, 5.41) is 1.20. The first-order valence-corrected chi connectivity index (χ1v) is 4.36. The van der Waals surface area contributed by atoms with Crippen molar-refractivity contribution in [2.24, 2.45) is 0 Å². The average molecular weight is 244 g/mol. The molecule has 4 heteroatoms. The van der Waals surface area contributed by atoms with Crippen LogP contribution in [0.3, 0.4) is 0 Å². The van der Waals surface area contributed by atoms with Crippen molar-refractivity contribution < 1.29 is 8.78 Å². The molecule has 1 heterocycles. The fourth-order valence-electron chi connectivity index (χ4n) is 1.14. The summed E-state index contributed by atoms with van der Waals surface area (Å²) in [5.74, 6) is -1.73. The molecule has 0 fully saturated rings. The van der Waals surface area contributed by atoms with Crippen molar-refractivity contribution in [3.8, 4) is 0 Å². The molecule has 0 bridgehead atoms. The number of pyridine rings is 1. The zero-order chi connectivity index (χ0) is 9.42. The van der Waals surface area contributed by atoms with Crippen molar-refractivity contribution in [3.63, 3.8) is 0 Å². The van der Waals surface area contributed by atoms with Crippen LogP contribution in [0.1, 0.15) is 0 Å². The molecule has 1 aromatic carbocycles. The third-order valence-corrected chi connectivity index (χ3v) is 2.55. The highest BCUT2D eigenvalue weighted by atomic mass is 79.9. The largest absolute Gasteiger partial charge is 0.264 e. The van der Waals surface area contributed by atoms with Crippen molar-refractivity contribution in [3.05, 3.63) is 40.6 Å². The Labute approximate surface area is 81.5 Å². The molecule has 13 heavy (non-hydrogen) atoms. The topological polar surface area (TPSA) is 12.9 Å². The monoisotopic (exact) mass is 243 g/mol. The van der Waals surface area contributed by atoms with Crippen molar-refractivity contribution >= 4 is 26.7 Å². The minimum Gasteiger partial charge on any atom is -0.264 e. The summed E-state index contributed by atoms with van der Waals surface area (Å²) in [5.41, 5.74) is 0. The van der Waals surface area contributed by atoms with E-state index in [1.807, 2.05) is 0 Å². The number of aromatic nitrogens is 1. The fourth-order valence-corrected chi connectivity index (χ4v) is 1.66. The van der Waals surface area contributed by atoms with Crippen LogP contribution in [-0.4, -0.2) is 4.98 Å². The number of benzene rings is 1. The van der Waals surface area contributed by atoms with Gasteiger partial charge in [0.25, 0.3) is 0 Å². The molecule has 0 saturated carbocycles. The SMILES string of the molecule is Fc1cc2ccncc2c(Br)c1F. The van der Waals surface area contributed by atoms with Crippen LogP contribution < -0.4 is 0 Å². The Hall–Kier alpha value is -1.03. The van der Waals surface area contributed by atoms with E-state index < -0.39 is 11.6 Å². The lowest BCUT2D eigenvalue weighted by Crippen LogP contribution is -1.87. The Morgan fingerprint density at radius 2 is 2.08 bits per heavy atom. The predicted molar refractivity (Wildman–Crippen MR) is 49.4 cm³/mol. The van der Waals surface area contributed by atoms with Gasteiger partial charge in [-0.15, -0.1) is 0 Å². The number of hydrogen-bond donors (Lipinski definition) is 0. The van der Waals surface area contributed by atoms with E-state index in [2.05, 4.69) is 20.9 Å². The third kappa shape index (κ3) is 1.31. The maximum Gasteiger partial charge on any atom is 0.173 e. The van der Waals surface area contributed by atoms with Gasteiger partial charge >= 0.3 is 0 Å². The van der Waals surface area contributed by atoms with Crippen LogP contribution in [-0.2, 0) is 0 Å². The predicted octanol–water partition coefficient (Wildman–Crippen LogP) is 3.28. The van der Waals surface area contributed by atoms with Crippen LogP contribution in [0.2, 0.25) is 0 Å². The van der Waals surface area contributed by atoms with Crippen molar-refractivity contribution in [1.29, 1.82) is 0 Å².